The Balaban J connectivity index is 1.31. The van der Waals surface area contributed by atoms with Crippen molar-refractivity contribution in [3.63, 3.8) is 0 Å². The summed E-state index contributed by atoms with van der Waals surface area (Å²) in [5.41, 5.74) is 8.52. The van der Waals surface area contributed by atoms with Gasteiger partial charge in [-0.15, -0.1) is 11.3 Å². The van der Waals surface area contributed by atoms with Crippen molar-refractivity contribution >= 4 is 69.2 Å². The average Bonchev–Trinajstić information content (AvgIpc) is 3.52. The van der Waals surface area contributed by atoms with Crippen LogP contribution in [0.3, 0.4) is 0 Å². The van der Waals surface area contributed by atoms with Crippen LogP contribution in [0.15, 0.2) is 138 Å². The lowest BCUT2D eigenvalue weighted by Crippen LogP contribution is -1.93. The van der Waals surface area contributed by atoms with Crippen molar-refractivity contribution < 1.29 is 0 Å². The summed E-state index contributed by atoms with van der Waals surface area (Å²) in [6, 6.07) is 48.5. The molecule has 0 aliphatic heterocycles. The van der Waals surface area contributed by atoms with Crippen LogP contribution in [0.5, 0.6) is 0 Å². The van der Waals surface area contributed by atoms with Crippen molar-refractivity contribution in [2.24, 2.45) is 0 Å². The number of aromatic nitrogens is 1. The van der Waals surface area contributed by atoms with Crippen LogP contribution < -0.4 is 0 Å². The first kappa shape index (κ1) is 22.8. The molecule has 0 aliphatic carbocycles. The van der Waals surface area contributed by atoms with Crippen molar-refractivity contribution in [2.75, 3.05) is 0 Å². The number of fused-ring (bicyclic) bond motifs is 6. The molecule has 6 aromatic carbocycles. The molecule has 0 N–H and O–H groups in total. The quantitative estimate of drug-likeness (QED) is 0.196. The van der Waals surface area contributed by atoms with Crippen LogP contribution in [-0.4, -0.2) is 4.57 Å². The predicted octanol–water partition coefficient (Wildman–Crippen LogP) is 11.2. The van der Waals surface area contributed by atoms with Gasteiger partial charge >= 0.3 is 0 Å². The molecule has 0 unspecified atom stereocenters. The fraction of sp³-hybridized carbons (Fsp3) is 0. The Morgan fingerprint density at radius 3 is 1.95 bits per heavy atom. The Bertz CT molecular complexity index is 2200. The third kappa shape index (κ3) is 3.73. The summed E-state index contributed by atoms with van der Waals surface area (Å²) in [5, 5.41) is 5.20. The Morgan fingerprint density at radius 2 is 1.10 bits per heavy atom. The molecule has 3 heteroatoms. The van der Waals surface area contributed by atoms with Crippen LogP contribution in [-0.2, 0) is 0 Å². The van der Waals surface area contributed by atoms with E-state index in [1.165, 1.54) is 69.9 Å². The van der Waals surface area contributed by atoms with Gasteiger partial charge in [-0.25, -0.2) is 0 Å². The molecule has 0 saturated carbocycles. The molecule has 0 radical (unpaired) electrons. The van der Waals surface area contributed by atoms with E-state index in [2.05, 4.69) is 154 Å². The van der Waals surface area contributed by atoms with Crippen molar-refractivity contribution in [1.82, 2.24) is 4.57 Å². The Kier molecular flexibility index (Phi) is 5.22. The molecule has 0 fully saturated rings. The van der Waals surface area contributed by atoms with Crippen LogP contribution in [0.25, 0.3) is 69.9 Å². The van der Waals surface area contributed by atoms with Gasteiger partial charge in [0, 0.05) is 41.1 Å². The molecule has 1 nitrogen and oxygen atoms in total. The molecule has 39 heavy (non-hydrogen) atoms. The fourth-order valence-corrected chi connectivity index (χ4v) is 7.37. The van der Waals surface area contributed by atoms with Gasteiger partial charge in [0.2, 0.25) is 0 Å². The lowest BCUT2D eigenvalue weighted by molar-refractivity contribution is 1.19. The zero-order valence-corrected chi connectivity index (χ0v) is 23.3. The van der Waals surface area contributed by atoms with Crippen LogP contribution in [0, 0.1) is 0 Å². The largest absolute Gasteiger partial charge is 0.309 e. The zero-order chi connectivity index (χ0) is 25.9. The molecular formula is C36H22BrNS. The molecule has 0 amide bonds. The standard InChI is InChI=1S/C36H22BrNS/c37-27-10-6-9-25(20-27)23-7-5-8-24(19-23)26-15-18-34-32(21-26)29-11-1-3-13-33(29)38(34)28-16-17-31-30-12-2-4-14-35(30)39-36(31)22-28/h1-22H. The monoisotopic (exact) mass is 579 g/mol. The number of benzene rings is 6. The average molecular weight is 581 g/mol. The number of nitrogens with zero attached hydrogens (tertiary/aromatic N) is 1. The van der Waals surface area contributed by atoms with Gasteiger partial charge in [-0.05, 0) is 76.9 Å². The minimum atomic E-state index is 1.09. The van der Waals surface area contributed by atoms with Crippen molar-refractivity contribution in [3.05, 3.63) is 138 Å². The van der Waals surface area contributed by atoms with E-state index in [0.29, 0.717) is 0 Å². The number of rotatable bonds is 3. The lowest BCUT2D eigenvalue weighted by atomic mass is 9.98. The highest BCUT2D eigenvalue weighted by Crippen LogP contribution is 2.39. The summed E-state index contributed by atoms with van der Waals surface area (Å²) < 4.78 is 6.16. The minimum Gasteiger partial charge on any atom is -0.309 e. The van der Waals surface area contributed by atoms with E-state index in [1.54, 1.807) is 0 Å². The van der Waals surface area contributed by atoms with Crippen LogP contribution in [0.2, 0.25) is 0 Å². The molecule has 0 spiro atoms. The summed E-state index contributed by atoms with van der Waals surface area (Å²) in [4.78, 5) is 0. The minimum absolute atomic E-state index is 1.09. The third-order valence-electron chi connectivity index (χ3n) is 7.65. The summed E-state index contributed by atoms with van der Waals surface area (Å²) in [6.07, 6.45) is 0. The maximum atomic E-state index is 3.61. The van der Waals surface area contributed by atoms with Gasteiger partial charge in [0.25, 0.3) is 0 Å². The molecule has 0 atom stereocenters. The molecule has 2 aromatic heterocycles. The fourth-order valence-electron chi connectivity index (χ4n) is 5.83. The summed E-state index contributed by atoms with van der Waals surface area (Å²) in [7, 11) is 0. The zero-order valence-electron chi connectivity index (χ0n) is 20.9. The van der Waals surface area contributed by atoms with E-state index in [4.69, 9.17) is 0 Å². The second kappa shape index (κ2) is 8.94. The normalized spacial score (nSPS) is 11.7. The van der Waals surface area contributed by atoms with Crippen molar-refractivity contribution in [1.29, 1.82) is 0 Å². The lowest BCUT2D eigenvalue weighted by Gasteiger charge is -2.09. The van der Waals surface area contributed by atoms with Gasteiger partial charge < -0.3 is 4.57 Å². The Hall–Kier alpha value is -4.18. The second-order valence-corrected chi connectivity index (χ2v) is 12.0. The van der Waals surface area contributed by atoms with Crippen LogP contribution >= 0.6 is 27.3 Å². The topological polar surface area (TPSA) is 4.93 Å². The van der Waals surface area contributed by atoms with E-state index in [0.717, 1.165) is 4.47 Å². The highest BCUT2D eigenvalue weighted by molar-refractivity contribution is 9.10. The molecular weight excluding hydrogens is 558 g/mol. The first-order chi connectivity index (χ1) is 19.2. The molecule has 0 aliphatic rings. The first-order valence-corrected chi connectivity index (χ1v) is 14.7. The van der Waals surface area contributed by atoms with Crippen molar-refractivity contribution in [2.45, 2.75) is 0 Å². The third-order valence-corrected chi connectivity index (χ3v) is 9.27. The molecule has 2 heterocycles. The van der Waals surface area contributed by atoms with E-state index in [1.807, 2.05) is 11.3 Å². The number of hydrogen-bond donors (Lipinski definition) is 0. The van der Waals surface area contributed by atoms with E-state index in [-0.39, 0.29) is 0 Å². The van der Waals surface area contributed by atoms with Gasteiger partial charge in [-0.3, -0.25) is 0 Å². The maximum absolute atomic E-state index is 3.61. The smallest absolute Gasteiger partial charge is 0.0541 e. The van der Waals surface area contributed by atoms with Crippen LogP contribution in [0.1, 0.15) is 0 Å². The number of para-hydroxylation sites is 1. The van der Waals surface area contributed by atoms with E-state index >= 15 is 0 Å². The van der Waals surface area contributed by atoms with Gasteiger partial charge in [-0.1, -0.05) is 94.8 Å². The maximum Gasteiger partial charge on any atom is 0.0541 e. The van der Waals surface area contributed by atoms with E-state index in [9.17, 15) is 0 Å². The van der Waals surface area contributed by atoms with E-state index < -0.39 is 0 Å². The van der Waals surface area contributed by atoms with Gasteiger partial charge in [-0.2, -0.15) is 0 Å². The first-order valence-electron chi connectivity index (χ1n) is 13.0. The molecule has 0 saturated heterocycles. The summed E-state index contributed by atoms with van der Waals surface area (Å²) in [5.74, 6) is 0. The SMILES string of the molecule is Brc1cccc(-c2cccc(-c3ccc4c(c3)c3ccccc3n4-c3ccc4c(c3)sc3ccccc34)c2)c1. The van der Waals surface area contributed by atoms with Crippen LogP contribution in [0.4, 0.5) is 0 Å². The number of hydrogen-bond acceptors (Lipinski definition) is 1. The second-order valence-electron chi connectivity index (χ2n) is 9.95. The van der Waals surface area contributed by atoms with Gasteiger partial charge in [0.15, 0.2) is 0 Å². The molecule has 184 valence electrons. The predicted molar refractivity (Wildman–Crippen MR) is 172 cm³/mol. The van der Waals surface area contributed by atoms with Crippen molar-refractivity contribution in [3.8, 4) is 27.9 Å². The molecule has 0 bridgehead atoms. The van der Waals surface area contributed by atoms with Gasteiger partial charge in [0.1, 0.15) is 0 Å². The highest BCUT2D eigenvalue weighted by Gasteiger charge is 2.15. The highest BCUT2D eigenvalue weighted by atomic mass is 79.9. The summed E-state index contributed by atoms with van der Waals surface area (Å²) >= 11 is 5.48. The number of thiophene rings is 1. The molecule has 8 aromatic rings. The Morgan fingerprint density at radius 1 is 0.436 bits per heavy atom. The molecule has 8 rings (SSSR count). The number of halogens is 1. The summed E-state index contributed by atoms with van der Waals surface area (Å²) in [6.45, 7) is 0. The van der Waals surface area contributed by atoms with Gasteiger partial charge in [0.05, 0.1) is 11.0 Å². The Labute approximate surface area is 238 Å².